The molecule has 170 valence electrons. The van der Waals surface area contributed by atoms with Crippen LogP contribution < -0.4 is 5.69 Å². The summed E-state index contributed by atoms with van der Waals surface area (Å²) in [6, 6.07) is 4.37. The Morgan fingerprint density at radius 2 is 2.03 bits per heavy atom. The largest absolute Gasteiger partial charge is 0.348 e. The molecule has 1 fully saturated rings. The molecule has 0 bridgehead atoms. The van der Waals surface area contributed by atoms with Gasteiger partial charge in [-0.25, -0.2) is 28.4 Å². The normalized spacial score (nSPS) is 14.8. The van der Waals surface area contributed by atoms with Crippen molar-refractivity contribution in [2.45, 2.75) is 25.3 Å². The first-order chi connectivity index (χ1) is 15.9. The number of aromatic amines is 1. The highest BCUT2D eigenvalue weighted by Gasteiger charge is 2.27. The van der Waals surface area contributed by atoms with Gasteiger partial charge in [0, 0.05) is 19.5 Å². The molecule has 1 aromatic carbocycles. The van der Waals surface area contributed by atoms with E-state index in [4.69, 9.17) is 23.2 Å². The van der Waals surface area contributed by atoms with Crippen LogP contribution in [0, 0.1) is 5.82 Å². The monoisotopic (exact) mass is 491 g/mol. The van der Waals surface area contributed by atoms with Gasteiger partial charge in [0.15, 0.2) is 16.0 Å². The van der Waals surface area contributed by atoms with Crippen molar-refractivity contribution in [1.29, 1.82) is 0 Å². The van der Waals surface area contributed by atoms with Gasteiger partial charge in [0.1, 0.15) is 17.8 Å². The van der Waals surface area contributed by atoms with Crippen LogP contribution in [0.15, 0.2) is 29.3 Å². The van der Waals surface area contributed by atoms with Gasteiger partial charge in [-0.1, -0.05) is 29.3 Å². The van der Waals surface area contributed by atoms with Crippen LogP contribution in [-0.4, -0.2) is 63.7 Å². The summed E-state index contributed by atoms with van der Waals surface area (Å²) in [5.74, 6) is -1.01. The van der Waals surface area contributed by atoms with Crippen LogP contribution in [0.4, 0.5) is 4.39 Å². The zero-order chi connectivity index (χ0) is 23.1. The number of likely N-dealkylation sites (tertiary alicyclic amines) is 1. The summed E-state index contributed by atoms with van der Waals surface area (Å²) >= 11 is 12.0. The van der Waals surface area contributed by atoms with E-state index in [-0.39, 0.29) is 34.0 Å². The second-order valence-corrected chi connectivity index (χ2v) is 8.35. The van der Waals surface area contributed by atoms with Gasteiger partial charge in [0.05, 0.1) is 11.6 Å². The number of carbonyl (C=O) groups is 1. The molecule has 1 aliphatic heterocycles. The highest BCUT2D eigenvalue weighted by atomic mass is 35.5. The topological polar surface area (TPSA) is 127 Å². The Kier molecular flexibility index (Phi) is 5.54. The number of amides is 1. The number of hydrogen-bond acceptors (Lipinski definition) is 7. The Morgan fingerprint density at radius 3 is 2.76 bits per heavy atom. The standard InChI is InChI=1S/C19H16Cl2FN9O2/c20-15-16(21)31-17(24-15)14(25-26-19(31)33)8-10-1-2-13(22)12(7-10)18(32)29-5-3-11(4-6-29)30-9-23-27-28-30/h1-2,7,9,11H,3-6,8H2,(H,26,33). The molecule has 4 aromatic rings. The average molecular weight is 492 g/mol. The van der Waals surface area contributed by atoms with Gasteiger partial charge in [-0.15, -0.1) is 5.10 Å². The van der Waals surface area contributed by atoms with Crippen molar-refractivity contribution in [3.05, 3.63) is 68.0 Å². The van der Waals surface area contributed by atoms with Gasteiger partial charge in [-0.2, -0.15) is 5.10 Å². The molecule has 0 radical (unpaired) electrons. The highest BCUT2D eigenvalue weighted by Crippen LogP contribution is 2.25. The molecular weight excluding hydrogens is 476 g/mol. The molecule has 1 amide bonds. The average Bonchev–Trinajstić information content (AvgIpc) is 3.46. The van der Waals surface area contributed by atoms with E-state index in [2.05, 4.69) is 30.7 Å². The molecule has 1 N–H and O–H groups in total. The number of imidazole rings is 1. The quantitative estimate of drug-likeness (QED) is 0.461. The molecule has 0 unspecified atom stereocenters. The molecule has 14 heteroatoms. The number of nitrogens with zero attached hydrogens (tertiary/aromatic N) is 8. The number of rotatable bonds is 4. The molecule has 0 saturated carbocycles. The predicted molar refractivity (Wildman–Crippen MR) is 115 cm³/mol. The van der Waals surface area contributed by atoms with Crippen LogP contribution in [0.25, 0.3) is 5.65 Å². The van der Waals surface area contributed by atoms with Crippen LogP contribution in [0.5, 0.6) is 0 Å². The molecule has 1 saturated heterocycles. The number of tetrazole rings is 1. The van der Waals surface area contributed by atoms with Gasteiger partial charge < -0.3 is 4.90 Å². The van der Waals surface area contributed by atoms with Crippen molar-refractivity contribution in [1.82, 2.24) is 44.7 Å². The lowest BCUT2D eigenvalue weighted by Gasteiger charge is -2.31. The maximum Gasteiger partial charge on any atom is 0.348 e. The number of carbonyl (C=O) groups excluding carboxylic acids is 1. The van der Waals surface area contributed by atoms with E-state index in [1.807, 2.05) is 0 Å². The third-order valence-electron chi connectivity index (χ3n) is 5.65. The van der Waals surface area contributed by atoms with E-state index in [9.17, 15) is 14.0 Å². The first kappa shape index (κ1) is 21.5. The van der Waals surface area contributed by atoms with E-state index in [0.717, 1.165) is 4.40 Å². The zero-order valence-corrected chi connectivity index (χ0v) is 18.5. The van der Waals surface area contributed by atoms with Crippen molar-refractivity contribution < 1.29 is 9.18 Å². The first-order valence-corrected chi connectivity index (χ1v) is 10.8. The van der Waals surface area contributed by atoms with Crippen LogP contribution in [0.2, 0.25) is 10.3 Å². The van der Waals surface area contributed by atoms with Crippen molar-refractivity contribution in [2.24, 2.45) is 0 Å². The zero-order valence-electron chi connectivity index (χ0n) is 17.0. The number of hydrogen-bond donors (Lipinski definition) is 1. The minimum absolute atomic E-state index is 0.0309. The lowest BCUT2D eigenvalue weighted by atomic mass is 10.0. The fraction of sp³-hybridized carbons (Fsp3) is 0.316. The number of nitrogens with one attached hydrogen (secondary N) is 1. The first-order valence-electron chi connectivity index (χ1n) is 10.0. The molecule has 0 aliphatic carbocycles. The predicted octanol–water partition coefficient (Wildman–Crippen LogP) is 1.92. The maximum atomic E-state index is 14.6. The molecule has 0 atom stereocenters. The number of halogens is 3. The Bertz CT molecular complexity index is 1390. The van der Waals surface area contributed by atoms with Gasteiger partial charge in [0.25, 0.3) is 5.91 Å². The molecule has 4 heterocycles. The van der Waals surface area contributed by atoms with E-state index in [1.54, 1.807) is 22.0 Å². The van der Waals surface area contributed by atoms with Gasteiger partial charge in [0.2, 0.25) is 0 Å². The van der Waals surface area contributed by atoms with Crippen molar-refractivity contribution in [3.8, 4) is 0 Å². The SMILES string of the molecule is O=C(c1cc(Cc2n[nH]c(=O)n3c(Cl)c(Cl)nc23)ccc1F)N1CCC(n2cnnn2)CC1. The molecule has 33 heavy (non-hydrogen) atoms. The molecule has 5 rings (SSSR count). The Morgan fingerprint density at radius 1 is 1.24 bits per heavy atom. The number of piperidine rings is 1. The van der Waals surface area contributed by atoms with Crippen molar-refractivity contribution >= 4 is 34.8 Å². The Balaban J connectivity index is 1.37. The lowest BCUT2D eigenvalue weighted by molar-refractivity contribution is 0.0684. The third kappa shape index (κ3) is 3.95. The molecule has 3 aromatic heterocycles. The highest BCUT2D eigenvalue weighted by molar-refractivity contribution is 6.40. The van der Waals surface area contributed by atoms with Crippen molar-refractivity contribution in [3.63, 3.8) is 0 Å². The summed E-state index contributed by atoms with van der Waals surface area (Å²) in [5.41, 5.74) is 0.553. The van der Waals surface area contributed by atoms with E-state index < -0.39 is 17.4 Å². The van der Waals surface area contributed by atoms with E-state index in [0.29, 0.717) is 37.2 Å². The fourth-order valence-electron chi connectivity index (χ4n) is 3.97. The second kappa shape index (κ2) is 8.52. The number of H-pyrrole nitrogens is 1. The maximum absolute atomic E-state index is 14.6. The molecule has 1 aliphatic rings. The van der Waals surface area contributed by atoms with Gasteiger partial charge >= 0.3 is 5.69 Å². The number of fused-ring (bicyclic) bond motifs is 1. The van der Waals surface area contributed by atoms with Gasteiger partial charge in [-0.05, 0) is 41.0 Å². The fourth-order valence-corrected chi connectivity index (χ4v) is 4.33. The van der Waals surface area contributed by atoms with Crippen LogP contribution in [-0.2, 0) is 6.42 Å². The van der Waals surface area contributed by atoms with Gasteiger partial charge in [-0.3, -0.25) is 4.79 Å². The van der Waals surface area contributed by atoms with Crippen molar-refractivity contribution in [2.75, 3.05) is 13.1 Å². The lowest BCUT2D eigenvalue weighted by Crippen LogP contribution is -2.39. The molecule has 0 spiro atoms. The summed E-state index contributed by atoms with van der Waals surface area (Å²) < 4.78 is 17.4. The van der Waals surface area contributed by atoms with Crippen LogP contribution in [0.1, 0.15) is 40.5 Å². The van der Waals surface area contributed by atoms with Crippen LogP contribution >= 0.6 is 23.2 Å². The number of benzene rings is 1. The minimum Gasteiger partial charge on any atom is -0.338 e. The minimum atomic E-state index is -0.613. The van der Waals surface area contributed by atoms with E-state index >= 15 is 0 Å². The Hall–Kier alpha value is -3.38. The van der Waals surface area contributed by atoms with E-state index in [1.165, 1.54) is 12.1 Å². The Labute approximate surface area is 195 Å². The summed E-state index contributed by atoms with van der Waals surface area (Å²) in [4.78, 5) is 30.8. The summed E-state index contributed by atoms with van der Waals surface area (Å²) in [6.45, 7) is 0.917. The molecular formula is C19H16Cl2FN9O2. The second-order valence-electron chi connectivity index (χ2n) is 7.63. The third-order valence-corrected chi connectivity index (χ3v) is 6.36. The number of aromatic nitrogens is 8. The smallest absolute Gasteiger partial charge is 0.338 e. The summed E-state index contributed by atoms with van der Waals surface area (Å²) in [5, 5.41) is 17.5. The van der Waals surface area contributed by atoms with Crippen LogP contribution in [0.3, 0.4) is 0 Å². The summed E-state index contributed by atoms with van der Waals surface area (Å²) in [6.07, 6.45) is 3.05. The summed E-state index contributed by atoms with van der Waals surface area (Å²) in [7, 11) is 0. The molecule has 11 nitrogen and oxygen atoms in total.